The number of hydrogen-bond acceptors (Lipinski definition) is 3. The lowest BCUT2D eigenvalue weighted by atomic mass is 10.6. The molecule has 0 saturated carbocycles. The number of nitrogens with two attached hydrogens (primary N) is 1. The second kappa shape index (κ2) is 6.74. The molecule has 0 rings (SSSR count). The maximum atomic E-state index is 5.43. The summed E-state index contributed by atoms with van der Waals surface area (Å²) in [6.45, 7) is 2.18. The van der Waals surface area contributed by atoms with Crippen LogP contribution < -0.4 is 11.5 Å². The lowest BCUT2D eigenvalue weighted by Gasteiger charge is -1.99. The van der Waals surface area contributed by atoms with Crippen LogP contribution in [0.1, 0.15) is 13.3 Å². The first-order valence-corrected chi connectivity index (χ1v) is 5.59. The highest BCUT2D eigenvalue weighted by atomic mass is 33.1. The molecule has 0 spiro atoms. The number of hydrogen-bond donors (Lipinski definition) is 2. The first-order chi connectivity index (χ1) is 4.27. The van der Waals surface area contributed by atoms with Crippen LogP contribution in [0.5, 0.6) is 0 Å². The number of rotatable bonds is 5. The lowest BCUT2D eigenvalue weighted by molar-refractivity contribution is -0.410. The maximum Gasteiger partial charge on any atom is 0.145 e. The monoisotopic (exact) mass is 167 g/mol. The predicted octanol–water partition coefficient (Wildman–Crippen LogP) is 0.304. The lowest BCUT2D eigenvalue weighted by Crippen LogP contribution is -2.67. The van der Waals surface area contributed by atoms with E-state index in [4.69, 9.17) is 5.73 Å². The van der Waals surface area contributed by atoms with Crippen LogP contribution in [0.15, 0.2) is 0 Å². The van der Waals surface area contributed by atoms with Gasteiger partial charge in [-0.1, -0.05) is 28.5 Å². The first kappa shape index (κ1) is 9.62. The van der Waals surface area contributed by atoms with Crippen LogP contribution in [0, 0.1) is 0 Å². The summed E-state index contributed by atoms with van der Waals surface area (Å²) in [5.74, 6) is 2.18. The zero-order valence-corrected chi connectivity index (χ0v) is 7.43. The fourth-order valence-corrected chi connectivity index (χ4v) is 2.50. The van der Waals surface area contributed by atoms with Gasteiger partial charge in [-0.15, -0.1) is 0 Å². The van der Waals surface area contributed by atoms with Crippen molar-refractivity contribution in [3.8, 4) is 0 Å². The highest BCUT2D eigenvalue weighted by molar-refractivity contribution is 8.76. The van der Waals surface area contributed by atoms with E-state index in [9.17, 15) is 0 Å². The van der Waals surface area contributed by atoms with Gasteiger partial charge in [0.2, 0.25) is 0 Å². The van der Waals surface area contributed by atoms with Crippen LogP contribution in [0.4, 0.5) is 0 Å². The fraction of sp³-hybridized carbons (Fsp3) is 1.00. The SMILES string of the molecule is CCCSSCC(N)[NH3+]. The van der Waals surface area contributed by atoms with Crippen molar-refractivity contribution in [2.75, 3.05) is 11.5 Å². The summed E-state index contributed by atoms with van der Waals surface area (Å²) in [7, 11) is 3.69. The van der Waals surface area contributed by atoms with Crippen molar-refractivity contribution in [2.45, 2.75) is 19.5 Å². The van der Waals surface area contributed by atoms with Crippen LogP contribution >= 0.6 is 21.6 Å². The van der Waals surface area contributed by atoms with Crippen molar-refractivity contribution in [1.29, 1.82) is 0 Å². The second-order valence-corrected chi connectivity index (χ2v) is 4.49. The third-order valence-corrected chi connectivity index (χ3v) is 3.37. The predicted molar refractivity (Wildman–Crippen MR) is 46.1 cm³/mol. The summed E-state index contributed by atoms with van der Waals surface area (Å²) in [6, 6.07) is 0. The molecule has 9 heavy (non-hydrogen) atoms. The van der Waals surface area contributed by atoms with Crippen LogP contribution in [-0.2, 0) is 0 Å². The third kappa shape index (κ3) is 8.62. The van der Waals surface area contributed by atoms with Gasteiger partial charge in [0.25, 0.3) is 0 Å². The van der Waals surface area contributed by atoms with E-state index in [0.717, 1.165) is 5.75 Å². The number of quaternary nitrogens is 1. The standard InChI is InChI=1S/C5H14N2S2/c1-2-3-8-9-4-5(6)7/h5H,2-4,6-7H2,1H3/p+1. The van der Waals surface area contributed by atoms with Gasteiger partial charge in [0.15, 0.2) is 0 Å². The average molecular weight is 167 g/mol. The Balaban J connectivity index is 2.75. The summed E-state index contributed by atoms with van der Waals surface area (Å²) in [4.78, 5) is 0. The minimum absolute atomic E-state index is 0.0966. The topological polar surface area (TPSA) is 53.7 Å². The molecule has 56 valence electrons. The van der Waals surface area contributed by atoms with Crippen LogP contribution in [-0.4, -0.2) is 17.7 Å². The van der Waals surface area contributed by atoms with Gasteiger partial charge in [-0.2, -0.15) is 0 Å². The van der Waals surface area contributed by atoms with E-state index >= 15 is 0 Å². The van der Waals surface area contributed by atoms with Gasteiger partial charge in [0.1, 0.15) is 6.17 Å². The minimum atomic E-state index is 0.0966. The average Bonchev–Trinajstić information content (AvgIpc) is 1.80. The van der Waals surface area contributed by atoms with Crippen molar-refractivity contribution >= 4 is 21.6 Å². The Morgan fingerprint density at radius 1 is 1.56 bits per heavy atom. The zero-order valence-electron chi connectivity index (χ0n) is 5.80. The molecule has 2 nitrogen and oxygen atoms in total. The van der Waals surface area contributed by atoms with E-state index < -0.39 is 0 Å². The molecule has 0 saturated heterocycles. The van der Waals surface area contributed by atoms with Gasteiger partial charge in [-0.3, -0.25) is 5.73 Å². The Morgan fingerprint density at radius 2 is 2.22 bits per heavy atom. The minimum Gasteiger partial charge on any atom is -0.342 e. The highest BCUT2D eigenvalue weighted by Crippen LogP contribution is 2.20. The van der Waals surface area contributed by atoms with Gasteiger partial charge in [0.05, 0.1) is 5.75 Å². The molecular weight excluding hydrogens is 152 g/mol. The molecule has 0 bridgehead atoms. The summed E-state index contributed by atoms with van der Waals surface area (Å²) < 4.78 is 0. The molecule has 0 fully saturated rings. The second-order valence-electron chi connectivity index (χ2n) is 1.87. The summed E-state index contributed by atoms with van der Waals surface area (Å²) >= 11 is 0. The molecular formula is C5H15N2S2+. The molecule has 0 aromatic carbocycles. The van der Waals surface area contributed by atoms with Gasteiger partial charge in [0, 0.05) is 5.75 Å². The van der Waals surface area contributed by atoms with E-state index in [1.165, 1.54) is 12.2 Å². The third-order valence-electron chi connectivity index (χ3n) is 0.653. The Labute approximate surface area is 64.5 Å². The van der Waals surface area contributed by atoms with Crippen molar-refractivity contribution in [3.63, 3.8) is 0 Å². The summed E-state index contributed by atoms with van der Waals surface area (Å²) in [5, 5.41) is 0. The molecule has 0 amide bonds. The first-order valence-electron chi connectivity index (χ1n) is 3.10. The van der Waals surface area contributed by atoms with E-state index in [-0.39, 0.29) is 6.17 Å². The molecule has 1 atom stereocenters. The van der Waals surface area contributed by atoms with Crippen molar-refractivity contribution in [1.82, 2.24) is 0 Å². The van der Waals surface area contributed by atoms with Crippen molar-refractivity contribution in [3.05, 3.63) is 0 Å². The molecule has 0 aliphatic rings. The van der Waals surface area contributed by atoms with Gasteiger partial charge >= 0.3 is 0 Å². The molecule has 4 heteroatoms. The molecule has 0 heterocycles. The largest absolute Gasteiger partial charge is 0.342 e. The van der Waals surface area contributed by atoms with E-state index in [1.807, 2.05) is 21.6 Å². The Hall–Kier alpha value is 0.620. The molecule has 0 aromatic heterocycles. The normalized spacial score (nSPS) is 13.7. The Morgan fingerprint density at radius 3 is 2.67 bits per heavy atom. The van der Waals surface area contributed by atoms with Crippen molar-refractivity contribution < 1.29 is 5.73 Å². The van der Waals surface area contributed by atoms with Crippen LogP contribution in [0.2, 0.25) is 0 Å². The molecule has 5 N–H and O–H groups in total. The van der Waals surface area contributed by atoms with Gasteiger partial charge in [-0.05, 0) is 6.42 Å². The maximum absolute atomic E-state index is 5.43. The van der Waals surface area contributed by atoms with Gasteiger partial charge < -0.3 is 5.73 Å². The smallest absolute Gasteiger partial charge is 0.145 e. The van der Waals surface area contributed by atoms with E-state index in [1.54, 1.807) is 0 Å². The summed E-state index contributed by atoms with van der Waals surface area (Å²) in [5.41, 5.74) is 9.11. The summed E-state index contributed by atoms with van der Waals surface area (Å²) in [6.07, 6.45) is 1.34. The zero-order chi connectivity index (χ0) is 7.11. The van der Waals surface area contributed by atoms with E-state index in [0.29, 0.717) is 0 Å². The van der Waals surface area contributed by atoms with Crippen molar-refractivity contribution in [2.24, 2.45) is 5.73 Å². The highest BCUT2D eigenvalue weighted by Gasteiger charge is 1.96. The fourth-order valence-electron chi connectivity index (χ4n) is 0.278. The molecule has 0 aromatic rings. The molecule has 0 aliphatic heterocycles. The van der Waals surface area contributed by atoms with Crippen LogP contribution in [0.25, 0.3) is 0 Å². The Bertz CT molecular complexity index is 58.9. The molecule has 0 radical (unpaired) electrons. The van der Waals surface area contributed by atoms with Gasteiger partial charge in [-0.25, -0.2) is 0 Å². The van der Waals surface area contributed by atoms with Crippen LogP contribution in [0.3, 0.4) is 0 Å². The quantitative estimate of drug-likeness (QED) is 0.352. The molecule has 0 aliphatic carbocycles. The van der Waals surface area contributed by atoms with E-state index in [2.05, 4.69) is 12.7 Å². The molecule has 1 unspecified atom stereocenters. The Kier molecular flexibility index (Phi) is 7.20.